The molecule has 0 aliphatic carbocycles. The molecule has 0 amide bonds. The number of carbonyl (C=O) groups is 1. The number of fused-ring (bicyclic) bond motifs is 2. The third-order valence-electron chi connectivity index (χ3n) is 3.89. The third-order valence-corrected chi connectivity index (χ3v) is 3.89. The van der Waals surface area contributed by atoms with Gasteiger partial charge in [0.1, 0.15) is 11.4 Å². The number of ketones is 1. The first kappa shape index (κ1) is 12.3. The van der Waals surface area contributed by atoms with Crippen LogP contribution in [0, 0.1) is 0 Å². The van der Waals surface area contributed by atoms with Gasteiger partial charge in [-0.2, -0.15) is 0 Å². The standard InChI is InChI=1S/C16H15N3O2/c20-13(15-9-12-3-1-2-4-14(12)21-15)10-18-7-8-19-6-5-17-16(19)11-18/h1-6,9H,7-8,10-11H2. The third kappa shape index (κ3) is 2.25. The highest BCUT2D eigenvalue weighted by Gasteiger charge is 2.21. The monoisotopic (exact) mass is 281 g/mol. The zero-order chi connectivity index (χ0) is 14.2. The van der Waals surface area contributed by atoms with E-state index in [2.05, 4.69) is 14.5 Å². The Hall–Kier alpha value is -2.40. The van der Waals surface area contributed by atoms with E-state index in [1.807, 2.05) is 36.5 Å². The van der Waals surface area contributed by atoms with Crippen LogP contribution in [0.4, 0.5) is 0 Å². The molecule has 0 fully saturated rings. The number of hydrogen-bond acceptors (Lipinski definition) is 4. The summed E-state index contributed by atoms with van der Waals surface area (Å²) in [6, 6.07) is 9.50. The minimum absolute atomic E-state index is 0.0196. The summed E-state index contributed by atoms with van der Waals surface area (Å²) in [7, 11) is 0. The number of hydrogen-bond donors (Lipinski definition) is 0. The molecule has 0 unspecified atom stereocenters. The molecule has 0 atom stereocenters. The molecule has 0 radical (unpaired) electrons. The minimum Gasteiger partial charge on any atom is -0.453 e. The Balaban J connectivity index is 1.51. The topological polar surface area (TPSA) is 51.3 Å². The predicted octanol–water partition coefficient (Wildman–Crippen LogP) is 2.33. The molecular weight excluding hydrogens is 266 g/mol. The van der Waals surface area contributed by atoms with Crippen molar-refractivity contribution < 1.29 is 9.21 Å². The van der Waals surface area contributed by atoms with E-state index >= 15 is 0 Å². The van der Waals surface area contributed by atoms with E-state index in [9.17, 15) is 4.79 Å². The average Bonchev–Trinajstić information content (AvgIpc) is 3.13. The van der Waals surface area contributed by atoms with Gasteiger partial charge in [-0.1, -0.05) is 18.2 Å². The molecule has 1 aliphatic heterocycles. The van der Waals surface area contributed by atoms with E-state index in [4.69, 9.17) is 4.42 Å². The maximum absolute atomic E-state index is 12.4. The number of nitrogens with zero attached hydrogens (tertiary/aromatic N) is 3. The molecule has 5 nitrogen and oxygen atoms in total. The summed E-state index contributed by atoms with van der Waals surface area (Å²) in [4.78, 5) is 18.8. The van der Waals surface area contributed by atoms with Gasteiger partial charge in [0, 0.05) is 30.9 Å². The maximum Gasteiger partial charge on any atom is 0.211 e. The summed E-state index contributed by atoms with van der Waals surface area (Å²) in [6.07, 6.45) is 3.79. The SMILES string of the molecule is O=C(CN1CCn2ccnc2C1)c1cc2ccccc2o1. The molecule has 0 saturated carbocycles. The van der Waals surface area contributed by atoms with Crippen molar-refractivity contribution in [3.8, 4) is 0 Å². The Labute approximate surface area is 121 Å². The van der Waals surface area contributed by atoms with Crippen molar-refractivity contribution >= 4 is 16.8 Å². The second-order valence-electron chi connectivity index (χ2n) is 5.32. The summed E-state index contributed by atoms with van der Waals surface area (Å²) >= 11 is 0. The second kappa shape index (κ2) is 4.86. The summed E-state index contributed by atoms with van der Waals surface area (Å²) < 4.78 is 7.76. The molecule has 1 aliphatic rings. The number of benzene rings is 1. The highest BCUT2D eigenvalue weighted by molar-refractivity contribution is 5.98. The van der Waals surface area contributed by atoms with Crippen molar-refractivity contribution in [1.29, 1.82) is 0 Å². The lowest BCUT2D eigenvalue weighted by molar-refractivity contribution is 0.0883. The fourth-order valence-corrected chi connectivity index (χ4v) is 2.76. The summed E-state index contributed by atoms with van der Waals surface area (Å²) in [5.74, 6) is 1.47. The van der Waals surface area contributed by atoms with Crippen LogP contribution in [0.1, 0.15) is 16.4 Å². The van der Waals surface area contributed by atoms with Crippen LogP contribution in [-0.2, 0) is 13.1 Å². The van der Waals surface area contributed by atoms with Gasteiger partial charge in [0.15, 0.2) is 5.76 Å². The molecule has 0 spiro atoms. The van der Waals surface area contributed by atoms with Crippen LogP contribution in [-0.4, -0.2) is 33.3 Å². The Kier molecular flexibility index (Phi) is 2.86. The van der Waals surface area contributed by atoms with Crippen molar-refractivity contribution in [3.63, 3.8) is 0 Å². The Morgan fingerprint density at radius 1 is 1.29 bits per heavy atom. The molecule has 1 aromatic carbocycles. The summed E-state index contributed by atoms with van der Waals surface area (Å²) in [5.41, 5.74) is 0.759. The second-order valence-corrected chi connectivity index (χ2v) is 5.32. The molecule has 3 heterocycles. The molecule has 0 bridgehead atoms. The Morgan fingerprint density at radius 2 is 2.19 bits per heavy atom. The lowest BCUT2D eigenvalue weighted by Gasteiger charge is -2.26. The summed E-state index contributed by atoms with van der Waals surface area (Å²) in [6.45, 7) is 2.81. The molecule has 3 aromatic rings. The molecule has 106 valence electrons. The Morgan fingerprint density at radius 3 is 3.10 bits per heavy atom. The van der Waals surface area contributed by atoms with E-state index in [1.165, 1.54) is 0 Å². The maximum atomic E-state index is 12.4. The van der Waals surface area contributed by atoms with Crippen LogP contribution in [0.5, 0.6) is 0 Å². The van der Waals surface area contributed by atoms with Gasteiger partial charge in [-0.05, 0) is 12.1 Å². The first-order valence-electron chi connectivity index (χ1n) is 7.04. The number of furan rings is 1. The average molecular weight is 281 g/mol. The smallest absolute Gasteiger partial charge is 0.211 e. The van der Waals surface area contributed by atoms with Crippen LogP contribution in [0.15, 0.2) is 47.1 Å². The van der Waals surface area contributed by atoms with Crippen LogP contribution < -0.4 is 0 Å². The Bertz CT molecular complexity index is 770. The molecule has 2 aromatic heterocycles. The van der Waals surface area contributed by atoms with Crippen LogP contribution in [0.25, 0.3) is 11.0 Å². The van der Waals surface area contributed by atoms with Gasteiger partial charge in [0.2, 0.25) is 5.78 Å². The molecule has 5 heteroatoms. The van der Waals surface area contributed by atoms with Crippen molar-refractivity contribution in [2.45, 2.75) is 13.1 Å². The van der Waals surface area contributed by atoms with E-state index in [-0.39, 0.29) is 5.78 Å². The van der Waals surface area contributed by atoms with E-state index < -0.39 is 0 Å². The zero-order valence-corrected chi connectivity index (χ0v) is 11.5. The van der Waals surface area contributed by atoms with Crippen LogP contribution in [0.3, 0.4) is 0 Å². The normalized spacial score (nSPS) is 15.2. The first-order chi connectivity index (χ1) is 10.3. The molecule has 21 heavy (non-hydrogen) atoms. The number of rotatable bonds is 3. The molecular formula is C16H15N3O2. The fourth-order valence-electron chi connectivity index (χ4n) is 2.76. The number of aromatic nitrogens is 2. The van der Waals surface area contributed by atoms with Gasteiger partial charge < -0.3 is 8.98 Å². The van der Waals surface area contributed by atoms with Crippen LogP contribution in [0.2, 0.25) is 0 Å². The molecule has 0 N–H and O–H groups in total. The van der Waals surface area contributed by atoms with E-state index in [0.29, 0.717) is 18.8 Å². The van der Waals surface area contributed by atoms with E-state index in [1.54, 1.807) is 6.20 Å². The number of carbonyl (C=O) groups excluding carboxylic acids is 1. The van der Waals surface area contributed by atoms with Crippen molar-refractivity contribution in [3.05, 3.63) is 54.3 Å². The van der Waals surface area contributed by atoms with Gasteiger partial charge in [0.25, 0.3) is 0 Å². The van der Waals surface area contributed by atoms with Crippen molar-refractivity contribution in [1.82, 2.24) is 14.5 Å². The largest absolute Gasteiger partial charge is 0.453 e. The minimum atomic E-state index is 0.0196. The van der Waals surface area contributed by atoms with Crippen LogP contribution >= 0.6 is 0 Å². The number of Topliss-reactive ketones (excluding diaryl/α,β-unsaturated/α-hetero) is 1. The fraction of sp³-hybridized carbons (Fsp3) is 0.250. The number of para-hydroxylation sites is 1. The lowest BCUT2D eigenvalue weighted by atomic mass is 10.2. The van der Waals surface area contributed by atoms with Gasteiger partial charge in [-0.25, -0.2) is 4.98 Å². The molecule has 4 rings (SSSR count). The van der Waals surface area contributed by atoms with Crippen molar-refractivity contribution in [2.24, 2.45) is 0 Å². The molecule has 0 saturated heterocycles. The zero-order valence-electron chi connectivity index (χ0n) is 11.5. The quantitative estimate of drug-likeness (QED) is 0.691. The van der Waals surface area contributed by atoms with Crippen molar-refractivity contribution in [2.75, 3.05) is 13.1 Å². The first-order valence-corrected chi connectivity index (χ1v) is 7.04. The van der Waals surface area contributed by atoms with Gasteiger partial charge in [0.05, 0.1) is 13.1 Å². The number of imidazole rings is 1. The van der Waals surface area contributed by atoms with Gasteiger partial charge >= 0.3 is 0 Å². The highest BCUT2D eigenvalue weighted by Crippen LogP contribution is 2.20. The lowest BCUT2D eigenvalue weighted by Crippen LogP contribution is -2.37. The van der Waals surface area contributed by atoms with E-state index in [0.717, 1.165) is 29.9 Å². The highest BCUT2D eigenvalue weighted by atomic mass is 16.3. The van der Waals surface area contributed by atoms with Gasteiger partial charge in [-0.15, -0.1) is 0 Å². The summed E-state index contributed by atoms with van der Waals surface area (Å²) in [5, 5.41) is 0.968. The predicted molar refractivity (Wildman–Crippen MR) is 78.0 cm³/mol. The van der Waals surface area contributed by atoms with Gasteiger partial charge in [-0.3, -0.25) is 9.69 Å².